The Balaban J connectivity index is 3.48. The van der Waals surface area contributed by atoms with Crippen molar-refractivity contribution in [2.24, 2.45) is 7.05 Å². The summed E-state index contributed by atoms with van der Waals surface area (Å²) in [6, 6.07) is 1.65. The first-order valence-corrected chi connectivity index (χ1v) is 4.94. The summed E-state index contributed by atoms with van der Waals surface area (Å²) < 4.78 is 1.54. The van der Waals surface area contributed by atoms with Crippen molar-refractivity contribution in [2.75, 3.05) is 7.05 Å². The van der Waals surface area contributed by atoms with E-state index in [4.69, 9.17) is 0 Å². The van der Waals surface area contributed by atoms with E-state index in [0.717, 1.165) is 17.7 Å². The van der Waals surface area contributed by atoms with Crippen molar-refractivity contribution in [3.8, 4) is 0 Å². The fourth-order valence-corrected chi connectivity index (χ4v) is 1.74. The number of carbonyl (C=O) groups is 1. The monoisotopic (exact) mass is 208 g/mol. The molecule has 1 amide bonds. The minimum absolute atomic E-state index is 0.203. The third kappa shape index (κ3) is 1.93. The number of nitrogens with zero attached hydrogens (tertiary/aromatic N) is 1. The Bertz CT molecular complexity index is 447. The molecular weight excluding hydrogens is 192 g/mol. The highest BCUT2D eigenvalue weighted by Crippen LogP contribution is 2.07. The SMILES string of the molecule is CCc1c(C)cc(C(=O)NC)c(=O)n1C. The van der Waals surface area contributed by atoms with Gasteiger partial charge >= 0.3 is 0 Å². The number of carbonyl (C=O) groups excluding carboxylic acids is 1. The molecule has 0 fully saturated rings. The smallest absolute Gasteiger partial charge is 0.263 e. The second-order valence-corrected chi connectivity index (χ2v) is 3.48. The fourth-order valence-electron chi connectivity index (χ4n) is 1.74. The zero-order valence-corrected chi connectivity index (χ0v) is 9.55. The molecule has 4 nitrogen and oxygen atoms in total. The number of hydrogen-bond donors (Lipinski definition) is 1. The second-order valence-electron chi connectivity index (χ2n) is 3.48. The van der Waals surface area contributed by atoms with Gasteiger partial charge in [-0.1, -0.05) is 6.92 Å². The fraction of sp³-hybridized carbons (Fsp3) is 0.455. The quantitative estimate of drug-likeness (QED) is 0.774. The van der Waals surface area contributed by atoms with E-state index >= 15 is 0 Å². The molecule has 0 radical (unpaired) electrons. The van der Waals surface area contributed by atoms with Crippen molar-refractivity contribution < 1.29 is 4.79 Å². The highest BCUT2D eigenvalue weighted by molar-refractivity contribution is 5.93. The van der Waals surface area contributed by atoms with Gasteiger partial charge in [0, 0.05) is 19.8 Å². The van der Waals surface area contributed by atoms with Crippen LogP contribution in [0.4, 0.5) is 0 Å². The molecule has 1 aromatic heterocycles. The van der Waals surface area contributed by atoms with Crippen molar-refractivity contribution in [3.05, 3.63) is 33.2 Å². The number of hydrogen-bond acceptors (Lipinski definition) is 2. The molecule has 15 heavy (non-hydrogen) atoms. The predicted octanol–water partition coefficient (Wildman–Crippen LogP) is 0.616. The van der Waals surface area contributed by atoms with Crippen LogP contribution in [0.25, 0.3) is 0 Å². The first-order chi connectivity index (χ1) is 7.02. The molecule has 0 aliphatic heterocycles. The van der Waals surface area contributed by atoms with Crippen LogP contribution < -0.4 is 10.9 Å². The van der Waals surface area contributed by atoms with E-state index in [2.05, 4.69) is 5.32 Å². The second kappa shape index (κ2) is 4.29. The first kappa shape index (κ1) is 11.5. The summed E-state index contributed by atoms with van der Waals surface area (Å²) in [6.07, 6.45) is 0.783. The lowest BCUT2D eigenvalue weighted by molar-refractivity contribution is 0.0961. The van der Waals surface area contributed by atoms with Gasteiger partial charge in [0.25, 0.3) is 11.5 Å². The molecule has 0 saturated carbocycles. The number of nitrogens with one attached hydrogen (secondary N) is 1. The third-order valence-electron chi connectivity index (χ3n) is 2.56. The average Bonchev–Trinajstić information content (AvgIpc) is 2.23. The molecule has 0 aliphatic carbocycles. The molecule has 1 rings (SSSR count). The molecule has 1 aromatic rings. The molecule has 82 valence electrons. The van der Waals surface area contributed by atoms with Crippen molar-refractivity contribution in [3.63, 3.8) is 0 Å². The van der Waals surface area contributed by atoms with Crippen LogP contribution in [0, 0.1) is 6.92 Å². The van der Waals surface area contributed by atoms with Gasteiger partial charge in [-0.15, -0.1) is 0 Å². The summed E-state index contributed by atoms with van der Waals surface area (Å²) in [5.41, 5.74) is 1.90. The molecule has 1 N–H and O–H groups in total. The first-order valence-electron chi connectivity index (χ1n) is 4.94. The lowest BCUT2D eigenvalue weighted by Crippen LogP contribution is -2.32. The predicted molar refractivity (Wildman–Crippen MR) is 59.2 cm³/mol. The molecule has 0 bridgehead atoms. The van der Waals surface area contributed by atoms with E-state index in [1.165, 1.54) is 7.05 Å². The largest absolute Gasteiger partial charge is 0.355 e. The van der Waals surface area contributed by atoms with E-state index in [1.807, 2.05) is 13.8 Å². The lowest BCUT2D eigenvalue weighted by atomic mass is 10.1. The van der Waals surface area contributed by atoms with Gasteiger partial charge in [-0.25, -0.2) is 0 Å². The minimum Gasteiger partial charge on any atom is -0.355 e. The maximum atomic E-state index is 11.8. The maximum absolute atomic E-state index is 11.8. The Hall–Kier alpha value is -1.58. The zero-order chi connectivity index (χ0) is 11.6. The van der Waals surface area contributed by atoms with E-state index in [0.29, 0.717) is 0 Å². The van der Waals surface area contributed by atoms with E-state index in [9.17, 15) is 9.59 Å². The lowest BCUT2D eigenvalue weighted by Gasteiger charge is -2.11. The van der Waals surface area contributed by atoms with Crippen molar-refractivity contribution in [1.29, 1.82) is 0 Å². The van der Waals surface area contributed by atoms with E-state index in [-0.39, 0.29) is 17.0 Å². The molecule has 0 atom stereocenters. The highest BCUT2D eigenvalue weighted by atomic mass is 16.2. The Kier molecular flexibility index (Phi) is 3.29. The minimum atomic E-state index is -0.332. The van der Waals surface area contributed by atoms with Gasteiger partial charge in [-0.2, -0.15) is 0 Å². The zero-order valence-electron chi connectivity index (χ0n) is 9.55. The standard InChI is InChI=1S/C11H16N2O2/c1-5-9-7(2)6-8(10(14)12-3)11(15)13(9)4/h6H,5H2,1-4H3,(H,12,14). The summed E-state index contributed by atoms with van der Waals surface area (Å²) >= 11 is 0. The van der Waals surface area contributed by atoms with Crippen LogP contribution in [0.3, 0.4) is 0 Å². The summed E-state index contributed by atoms with van der Waals surface area (Å²) in [4.78, 5) is 23.2. The van der Waals surface area contributed by atoms with E-state index in [1.54, 1.807) is 17.7 Å². The molecule has 0 saturated heterocycles. The molecule has 0 aliphatic rings. The number of aromatic nitrogens is 1. The van der Waals surface area contributed by atoms with Crippen molar-refractivity contribution in [1.82, 2.24) is 9.88 Å². The Morgan fingerprint density at radius 3 is 2.60 bits per heavy atom. The summed E-state index contributed by atoms with van der Waals surface area (Å²) in [6.45, 7) is 3.89. The topological polar surface area (TPSA) is 51.1 Å². The number of pyridine rings is 1. The van der Waals surface area contributed by atoms with Crippen LogP contribution in [0.2, 0.25) is 0 Å². The van der Waals surface area contributed by atoms with Gasteiger partial charge in [-0.3, -0.25) is 9.59 Å². The van der Waals surface area contributed by atoms with Crippen LogP contribution in [0.1, 0.15) is 28.5 Å². The molecule has 0 spiro atoms. The van der Waals surface area contributed by atoms with Gasteiger partial charge in [0.2, 0.25) is 0 Å². The van der Waals surface area contributed by atoms with Gasteiger partial charge in [0.15, 0.2) is 0 Å². The van der Waals surface area contributed by atoms with Crippen molar-refractivity contribution in [2.45, 2.75) is 20.3 Å². The Labute approximate surface area is 88.9 Å². The average molecular weight is 208 g/mol. The maximum Gasteiger partial charge on any atom is 0.263 e. The molecule has 0 unspecified atom stereocenters. The van der Waals surface area contributed by atoms with Crippen LogP contribution in [-0.2, 0) is 13.5 Å². The highest BCUT2D eigenvalue weighted by Gasteiger charge is 2.13. The summed E-state index contributed by atoms with van der Waals surface area (Å²) in [5, 5.41) is 2.46. The van der Waals surface area contributed by atoms with Gasteiger partial charge in [0.05, 0.1) is 0 Å². The van der Waals surface area contributed by atoms with Crippen molar-refractivity contribution >= 4 is 5.91 Å². The third-order valence-corrected chi connectivity index (χ3v) is 2.56. The summed E-state index contributed by atoms with van der Waals surface area (Å²) in [5.74, 6) is -0.332. The Morgan fingerprint density at radius 2 is 2.13 bits per heavy atom. The number of rotatable bonds is 2. The van der Waals surface area contributed by atoms with Crippen LogP contribution in [0.5, 0.6) is 0 Å². The molecule has 1 heterocycles. The molecular formula is C11H16N2O2. The van der Waals surface area contributed by atoms with Crippen LogP contribution >= 0.6 is 0 Å². The summed E-state index contributed by atoms with van der Waals surface area (Å²) in [7, 11) is 3.21. The van der Waals surface area contributed by atoms with E-state index < -0.39 is 0 Å². The number of amides is 1. The number of aryl methyl sites for hydroxylation is 1. The molecule has 0 aromatic carbocycles. The van der Waals surface area contributed by atoms with Crippen LogP contribution in [-0.4, -0.2) is 17.5 Å². The van der Waals surface area contributed by atoms with Gasteiger partial charge in [0.1, 0.15) is 5.56 Å². The normalized spacial score (nSPS) is 10.1. The Morgan fingerprint density at radius 1 is 1.53 bits per heavy atom. The van der Waals surface area contributed by atoms with Crippen LogP contribution in [0.15, 0.2) is 10.9 Å². The van der Waals surface area contributed by atoms with Gasteiger partial charge in [-0.05, 0) is 25.0 Å². The molecule has 4 heteroatoms. The van der Waals surface area contributed by atoms with Gasteiger partial charge < -0.3 is 9.88 Å².